The lowest BCUT2D eigenvalue weighted by molar-refractivity contribution is -0.144. The van der Waals surface area contributed by atoms with Crippen LogP contribution in [0.3, 0.4) is 0 Å². The molecule has 11 nitrogen and oxygen atoms in total. The second-order valence-corrected chi connectivity index (χ2v) is 11.3. The molecule has 0 radical (unpaired) electrons. The summed E-state index contributed by atoms with van der Waals surface area (Å²) in [5, 5.41) is 2.59. The minimum absolute atomic E-state index is 0.0185. The van der Waals surface area contributed by atoms with E-state index in [-0.39, 0.29) is 49.9 Å². The van der Waals surface area contributed by atoms with Crippen molar-refractivity contribution in [2.75, 3.05) is 30.0 Å². The third-order valence-corrected chi connectivity index (χ3v) is 6.24. The molecule has 43 heavy (non-hydrogen) atoms. The number of fused-ring (bicyclic) bond motifs is 1. The van der Waals surface area contributed by atoms with Gasteiger partial charge in [0.15, 0.2) is 11.6 Å². The molecule has 0 bridgehead atoms. The lowest BCUT2D eigenvalue weighted by Crippen LogP contribution is -2.46. The number of esters is 1. The fraction of sp³-hybridized carbons (Fsp3) is 0.469. The van der Waals surface area contributed by atoms with Crippen molar-refractivity contribution in [3.05, 3.63) is 47.7 Å². The van der Waals surface area contributed by atoms with Gasteiger partial charge in [-0.05, 0) is 78.8 Å². The van der Waals surface area contributed by atoms with Crippen LogP contribution in [0.2, 0.25) is 0 Å². The van der Waals surface area contributed by atoms with Crippen molar-refractivity contribution >= 4 is 35.4 Å². The van der Waals surface area contributed by atoms with E-state index in [1.165, 1.54) is 11.1 Å². The number of rotatable bonds is 9. The number of carbonyl (C=O) groups is 4. The van der Waals surface area contributed by atoms with E-state index >= 15 is 0 Å². The molecule has 1 aromatic carbocycles. The van der Waals surface area contributed by atoms with E-state index in [1.54, 1.807) is 69.9 Å². The molecule has 3 amide bonds. The minimum Gasteiger partial charge on any atom is -0.489 e. The van der Waals surface area contributed by atoms with Crippen molar-refractivity contribution < 1.29 is 33.4 Å². The zero-order valence-electron chi connectivity index (χ0n) is 25.9. The summed E-state index contributed by atoms with van der Waals surface area (Å²) in [6.07, 6.45) is 1.23. The molecular formula is C32H40N4O7. The van der Waals surface area contributed by atoms with Crippen LogP contribution in [-0.4, -0.2) is 71.2 Å². The van der Waals surface area contributed by atoms with Crippen LogP contribution < -0.4 is 15.0 Å². The SMILES string of the molecule is CCOC(=O)CC(C)N1CC(=O)N(C(C)C)c2ccc(C#CCCOc3cccnc3NC(=O)OC(C)(C)C)cc2C1=O. The highest BCUT2D eigenvalue weighted by molar-refractivity contribution is 6.10. The number of aromatic nitrogens is 1. The molecule has 2 heterocycles. The standard InChI is InChI=1S/C32H40N4O7/c1-8-41-28(38)18-22(4)35-20-27(37)36(21(2)3)25-15-14-23(19-24(25)30(35)39)12-9-10-17-42-26-13-11-16-33-29(26)34-31(40)43-32(5,6)7/h11,13-16,19,21-22H,8,10,17-18,20H2,1-7H3,(H,33,34,40). The fourth-order valence-corrected chi connectivity index (χ4v) is 4.45. The molecule has 1 aliphatic rings. The zero-order chi connectivity index (χ0) is 31.7. The van der Waals surface area contributed by atoms with Gasteiger partial charge in [-0.3, -0.25) is 19.7 Å². The maximum atomic E-state index is 13.7. The maximum Gasteiger partial charge on any atom is 0.413 e. The normalized spacial score (nSPS) is 13.9. The molecule has 1 unspecified atom stereocenters. The zero-order valence-corrected chi connectivity index (χ0v) is 25.9. The average molecular weight is 593 g/mol. The first-order valence-electron chi connectivity index (χ1n) is 14.3. The molecule has 2 aromatic rings. The van der Waals surface area contributed by atoms with Gasteiger partial charge in [-0.2, -0.15) is 0 Å². The first kappa shape index (κ1) is 32.9. The monoisotopic (exact) mass is 592 g/mol. The number of carbonyl (C=O) groups excluding carboxylic acids is 4. The molecule has 0 fully saturated rings. The Bertz CT molecular complexity index is 1400. The molecule has 0 saturated carbocycles. The number of hydrogen-bond acceptors (Lipinski definition) is 8. The van der Waals surface area contributed by atoms with Gasteiger partial charge in [-0.25, -0.2) is 9.78 Å². The van der Waals surface area contributed by atoms with Gasteiger partial charge >= 0.3 is 12.1 Å². The first-order valence-corrected chi connectivity index (χ1v) is 14.3. The predicted octanol–water partition coefficient (Wildman–Crippen LogP) is 4.79. The number of amides is 3. The lowest BCUT2D eigenvalue weighted by atomic mass is 10.0. The summed E-state index contributed by atoms with van der Waals surface area (Å²) in [6, 6.07) is 7.82. The van der Waals surface area contributed by atoms with Crippen LogP contribution in [0.5, 0.6) is 5.75 Å². The van der Waals surface area contributed by atoms with Gasteiger partial charge in [0.05, 0.1) is 30.9 Å². The van der Waals surface area contributed by atoms with Crippen LogP contribution >= 0.6 is 0 Å². The predicted molar refractivity (Wildman–Crippen MR) is 162 cm³/mol. The third-order valence-electron chi connectivity index (χ3n) is 6.24. The van der Waals surface area contributed by atoms with E-state index in [1.807, 2.05) is 13.8 Å². The summed E-state index contributed by atoms with van der Waals surface area (Å²) < 4.78 is 16.1. The number of hydrogen-bond donors (Lipinski definition) is 1. The van der Waals surface area contributed by atoms with Crippen LogP contribution in [0.4, 0.5) is 16.3 Å². The van der Waals surface area contributed by atoms with Gasteiger partial charge in [0.25, 0.3) is 5.91 Å². The summed E-state index contributed by atoms with van der Waals surface area (Å²) in [4.78, 5) is 58.3. The molecule has 1 aromatic heterocycles. The Morgan fingerprint density at radius 1 is 1.14 bits per heavy atom. The molecule has 0 saturated heterocycles. The van der Waals surface area contributed by atoms with Crippen LogP contribution in [0, 0.1) is 11.8 Å². The van der Waals surface area contributed by atoms with Crippen molar-refractivity contribution in [2.24, 2.45) is 0 Å². The Labute approximate surface area is 252 Å². The summed E-state index contributed by atoms with van der Waals surface area (Å²) in [6.45, 7) is 12.8. The largest absolute Gasteiger partial charge is 0.489 e. The van der Waals surface area contributed by atoms with Gasteiger partial charge in [0.2, 0.25) is 5.91 Å². The molecule has 1 N–H and O–H groups in total. The summed E-state index contributed by atoms with van der Waals surface area (Å²) in [5.41, 5.74) is 0.784. The molecule has 1 aliphatic heterocycles. The van der Waals surface area contributed by atoms with Gasteiger partial charge in [0, 0.05) is 30.3 Å². The molecular weight excluding hydrogens is 552 g/mol. The van der Waals surface area contributed by atoms with E-state index in [9.17, 15) is 19.2 Å². The molecule has 1 atom stereocenters. The van der Waals surface area contributed by atoms with Crippen molar-refractivity contribution in [1.82, 2.24) is 9.88 Å². The van der Waals surface area contributed by atoms with Gasteiger partial charge in [-0.1, -0.05) is 11.8 Å². The van der Waals surface area contributed by atoms with Crippen molar-refractivity contribution in [2.45, 2.75) is 79.0 Å². The van der Waals surface area contributed by atoms with Gasteiger partial charge in [0.1, 0.15) is 12.1 Å². The highest BCUT2D eigenvalue weighted by Gasteiger charge is 2.35. The van der Waals surface area contributed by atoms with Crippen molar-refractivity contribution in [3.63, 3.8) is 0 Å². The summed E-state index contributed by atoms with van der Waals surface area (Å²) in [7, 11) is 0. The second-order valence-electron chi connectivity index (χ2n) is 11.3. The summed E-state index contributed by atoms with van der Waals surface area (Å²) >= 11 is 0. The number of nitrogens with zero attached hydrogens (tertiary/aromatic N) is 3. The van der Waals surface area contributed by atoms with E-state index in [0.29, 0.717) is 29.0 Å². The highest BCUT2D eigenvalue weighted by Crippen LogP contribution is 2.30. The van der Waals surface area contributed by atoms with E-state index in [0.717, 1.165) is 0 Å². The molecule has 3 rings (SSSR count). The lowest BCUT2D eigenvalue weighted by Gasteiger charge is -2.28. The molecule has 230 valence electrons. The number of nitrogens with one attached hydrogen (secondary N) is 1. The number of benzene rings is 1. The first-order chi connectivity index (χ1) is 20.3. The van der Waals surface area contributed by atoms with Crippen LogP contribution in [-0.2, 0) is 19.1 Å². The van der Waals surface area contributed by atoms with Gasteiger partial charge in [-0.15, -0.1) is 0 Å². The third kappa shape index (κ3) is 9.20. The Morgan fingerprint density at radius 3 is 2.56 bits per heavy atom. The second kappa shape index (κ2) is 14.5. The van der Waals surface area contributed by atoms with E-state index in [2.05, 4.69) is 22.1 Å². The topological polar surface area (TPSA) is 127 Å². The Hall–Kier alpha value is -4.59. The fourth-order valence-electron chi connectivity index (χ4n) is 4.45. The van der Waals surface area contributed by atoms with Crippen LogP contribution in [0.1, 0.15) is 77.2 Å². The molecule has 11 heteroatoms. The van der Waals surface area contributed by atoms with Crippen molar-refractivity contribution in [1.29, 1.82) is 0 Å². The number of pyridine rings is 1. The van der Waals surface area contributed by atoms with E-state index in [4.69, 9.17) is 14.2 Å². The summed E-state index contributed by atoms with van der Waals surface area (Å²) in [5.74, 6) is 5.70. The van der Waals surface area contributed by atoms with Crippen LogP contribution in [0.25, 0.3) is 0 Å². The average Bonchev–Trinajstić information content (AvgIpc) is 3.02. The highest BCUT2D eigenvalue weighted by atomic mass is 16.6. The number of anilines is 2. The van der Waals surface area contributed by atoms with Gasteiger partial charge < -0.3 is 24.0 Å². The van der Waals surface area contributed by atoms with E-state index < -0.39 is 23.7 Å². The molecule has 0 aliphatic carbocycles. The quantitative estimate of drug-likeness (QED) is 0.250. The van der Waals surface area contributed by atoms with Crippen molar-refractivity contribution in [3.8, 4) is 17.6 Å². The maximum absolute atomic E-state index is 13.7. The smallest absolute Gasteiger partial charge is 0.413 e. The minimum atomic E-state index is -0.655. The molecule has 0 spiro atoms. The number of ether oxygens (including phenoxy) is 3. The Balaban J connectivity index is 1.74. The van der Waals surface area contributed by atoms with Crippen LogP contribution in [0.15, 0.2) is 36.5 Å². The Kier molecular flexibility index (Phi) is 11.1. The Morgan fingerprint density at radius 2 is 1.88 bits per heavy atom.